The molecule has 1 aliphatic rings. The number of nitrogens with zero attached hydrogens (tertiary/aromatic N) is 1. The van der Waals surface area contributed by atoms with Crippen molar-refractivity contribution in [3.8, 4) is 5.75 Å². The number of rotatable bonds is 3. The smallest absolute Gasteiger partial charge is 0.328 e. The largest absolute Gasteiger partial charge is 0.505 e. The zero-order chi connectivity index (χ0) is 16.3. The first kappa shape index (κ1) is 16.0. The predicted octanol–water partition coefficient (Wildman–Crippen LogP) is 3.48. The summed E-state index contributed by atoms with van der Waals surface area (Å²) in [6, 6.07) is 2.83. The maximum absolute atomic E-state index is 11.6. The molecule has 0 fully saturated rings. The van der Waals surface area contributed by atoms with E-state index in [2.05, 4.69) is 4.99 Å². The third-order valence-electron chi connectivity index (χ3n) is 2.66. The summed E-state index contributed by atoms with van der Waals surface area (Å²) in [5.41, 5.74) is 1.00. The Morgan fingerprint density at radius 1 is 1.18 bits per heavy atom. The van der Waals surface area contributed by atoms with Gasteiger partial charge in [-0.3, -0.25) is 4.79 Å². The van der Waals surface area contributed by atoms with Crippen molar-refractivity contribution in [3.05, 3.63) is 58.1 Å². The highest BCUT2D eigenvalue weighted by molar-refractivity contribution is 6.37. The van der Waals surface area contributed by atoms with Crippen molar-refractivity contribution >= 4 is 46.4 Å². The van der Waals surface area contributed by atoms with Crippen LogP contribution in [0.5, 0.6) is 5.75 Å². The van der Waals surface area contributed by atoms with Crippen molar-refractivity contribution in [3.63, 3.8) is 0 Å². The van der Waals surface area contributed by atoms with E-state index in [4.69, 9.17) is 28.3 Å². The van der Waals surface area contributed by atoms with E-state index in [1.54, 1.807) is 0 Å². The lowest BCUT2D eigenvalue weighted by atomic mass is 10.0. The molecular formula is C15H9Cl2NO4. The van der Waals surface area contributed by atoms with E-state index in [-0.39, 0.29) is 27.2 Å². The lowest BCUT2D eigenvalue weighted by molar-refractivity contribution is -0.131. The first-order chi connectivity index (χ1) is 10.4. The summed E-state index contributed by atoms with van der Waals surface area (Å²) in [7, 11) is 0. The number of aliphatic carboxylic acids is 1. The first-order valence-electron chi connectivity index (χ1n) is 5.98. The van der Waals surface area contributed by atoms with Crippen molar-refractivity contribution in [2.45, 2.75) is 0 Å². The topological polar surface area (TPSA) is 87.0 Å². The van der Waals surface area contributed by atoms with Gasteiger partial charge in [0.15, 0.2) is 11.5 Å². The van der Waals surface area contributed by atoms with Gasteiger partial charge in [0.2, 0.25) is 0 Å². The maximum Gasteiger partial charge on any atom is 0.328 e. The van der Waals surface area contributed by atoms with Gasteiger partial charge < -0.3 is 10.2 Å². The van der Waals surface area contributed by atoms with Gasteiger partial charge in [-0.1, -0.05) is 23.2 Å². The molecule has 0 aliphatic heterocycles. The predicted molar refractivity (Wildman–Crippen MR) is 84.2 cm³/mol. The average molecular weight is 338 g/mol. The van der Waals surface area contributed by atoms with E-state index in [1.807, 2.05) is 0 Å². The second-order valence-corrected chi connectivity index (χ2v) is 5.08. The van der Waals surface area contributed by atoms with Crippen molar-refractivity contribution in [1.29, 1.82) is 0 Å². The van der Waals surface area contributed by atoms with Crippen LogP contribution in [0.1, 0.15) is 0 Å². The molecular weight excluding hydrogens is 329 g/mol. The van der Waals surface area contributed by atoms with Crippen LogP contribution in [-0.2, 0) is 9.59 Å². The molecule has 5 nitrogen and oxygen atoms in total. The van der Waals surface area contributed by atoms with Crippen molar-refractivity contribution in [2.24, 2.45) is 4.99 Å². The number of phenols is 1. The third-order valence-corrected chi connectivity index (χ3v) is 3.23. The Morgan fingerprint density at radius 3 is 2.41 bits per heavy atom. The number of carbonyl (C=O) groups is 2. The van der Waals surface area contributed by atoms with Crippen LogP contribution in [-0.4, -0.2) is 27.7 Å². The SMILES string of the molecule is O=C(O)C=CC1=CC(=Nc2cc(Cl)c(O)c(Cl)c2)C=CC1=O. The normalized spacial score (nSPS) is 16.4. The van der Waals surface area contributed by atoms with Crippen LogP contribution in [0.3, 0.4) is 0 Å². The van der Waals surface area contributed by atoms with Crippen LogP contribution in [0.15, 0.2) is 53.1 Å². The number of aromatic hydroxyl groups is 1. The fourth-order valence-corrected chi connectivity index (χ4v) is 2.14. The van der Waals surface area contributed by atoms with Gasteiger partial charge >= 0.3 is 5.97 Å². The number of phenolic OH excluding ortho intramolecular Hbond substituents is 1. The van der Waals surface area contributed by atoms with Crippen molar-refractivity contribution < 1.29 is 19.8 Å². The molecule has 0 aromatic heterocycles. The summed E-state index contributed by atoms with van der Waals surface area (Å²) < 4.78 is 0. The molecule has 0 amide bonds. The molecule has 0 spiro atoms. The Hall–Kier alpha value is -2.37. The van der Waals surface area contributed by atoms with Gasteiger partial charge in [-0.05, 0) is 36.4 Å². The summed E-state index contributed by atoms with van der Waals surface area (Å²) in [5.74, 6) is -1.71. The summed E-state index contributed by atoms with van der Waals surface area (Å²) in [4.78, 5) is 26.4. The fraction of sp³-hybridized carbons (Fsp3) is 0. The highest BCUT2D eigenvalue weighted by Crippen LogP contribution is 2.35. The highest BCUT2D eigenvalue weighted by Gasteiger charge is 2.11. The quantitative estimate of drug-likeness (QED) is 0.652. The number of carboxylic acid groups (broad SMARTS) is 1. The Bertz CT molecular complexity index is 753. The average Bonchev–Trinajstić information content (AvgIpc) is 2.45. The monoisotopic (exact) mass is 337 g/mol. The van der Waals surface area contributed by atoms with E-state index in [0.29, 0.717) is 11.4 Å². The Morgan fingerprint density at radius 2 is 1.82 bits per heavy atom. The van der Waals surface area contributed by atoms with Gasteiger partial charge in [-0.15, -0.1) is 0 Å². The van der Waals surface area contributed by atoms with E-state index < -0.39 is 5.97 Å². The van der Waals surface area contributed by atoms with Gasteiger partial charge in [0.25, 0.3) is 0 Å². The van der Waals surface area contributed by atoms with E-state index in [1.165, 1.54) is 36.4 Å². The number of aliphatic imine (C=N–C) groups is 1. The molecule has 0 unspecified atom stereocenters. The number of allylic oxidation sites excluding steroid dienone is 5. The molecule has 1 aliphatic carbocycles. The first-order valence-corrected chi connectivity index (χ1v) is 6.74. The van der Waals surface area contributed by atoms with Gasteiger partial charge in [0.1, 0.15) is 0 Å². The molecule has 1 aromatic carbocycles. The Labute approximate surface area is 135 Å². The summed E-state index contributed by atoms with van der Waals surface area (Å²) in [5, 5.41) is 18.2. The number of hydrogen-bond acceptors (Lipinski definition) is 4. The van der Waals surface area contributed by atoms with Crippen LogP contribution in [0.4, 0.5) is 5.69 Å². The minimum atomic E-state index is -1.15. The van der Waals surface area contributed by atoms with E-state index >= 15 is 0 Å². The number of carboxylic acids is 1. The second-order valence-electron chi connectivity index (χ2n) is 4.26. The fourth-order valence-electron chi connectivity index (χ4n) is 1.66. The number of halogens is 2. The van der Waals surface area contributed by atoms with E-state index in [0.717, 1.165) is 6.08 Å². The molecule has 22 heavy (non-hydrogen) atoms. The molecule has 0 heterocycles. The maximum atomic E-state index is 11.6. The summed E-state index contributed by atoms with van der Waals surface area (Å²) >= 11 is 11.6. The lowest BCUT2D eigenvalue weighted by Gasteiger charge is -2.06. The van der Waals surface area contributed by atoms with Crippen molar-refractivity contribution in [1.82, 2.24) is 0 Å². The zero-order valence-corrected chi connectivity index (χ0v) is 12.5. The van der Waals surface area contributed by atoms with Crippen LogP contribution in [0, 0.1) is 0 Å². The van der Waals surface area contributed by atoms with Crippen molar-refractivity contribution in [2.75, 3.05) is 0 Å². The highest BCUT2D eigenvalue weighted by atomic mass is 35.5. The standard InChI is InChI=1S/C15H9Cl2NO4/c16-11-6-10(7-12(17)15(11)22)18-9-2-3-13(19)8(5-9)1-4-14(20)21/h1-7,22H,(H,20,21). The van der Waals surface area contributed by atoms with E-state index in [9.17, 15) is 14.7 Å². The molecule has 0 bridgehead atoms. The summed E-state index contributed by atoms with van der Waals surface area (Å²) in [6.07, 6.45) is 6.27. The number of hydrogen-bond donors (Lipinski definition) is 2. The third kappa shape index (κ3) is 3.84. The molecule has 112 valence electrons. The molecule has 0 radical (unpaired) electrons. The van der Waals surface area contributed by atoms with Gasteiger partial charge in [0.05, 0.1) is 21.4 Å². The Balaban J connectivity index is 2.37. The molecule has 0 atom stereocenters. The van der Waals surface area contributed by atoms with Crippen LogP contribution >= 0.6 is 23.2 Å². The van der Waals surface area contributed by atoms with Crippen LogP contribution in [0.2, 0.25) is 10.0 Å². The number of benzene rings is 1. The number of ketones is 1. The van der Waals surface area contributed by atoms with Crippen LogP contribution < -0.4 is 0 Å². The van der Waals surface area contributed by atoms with Gasteiger partial charge in [-0.25, -0.2) is 9.79 Å². The molecule has 0 saturated heterocycles. The molecule has 0 saturated carbocycles. The molecule has 1 aromatic rings. The van der Waals surface area contributed by atoms with Gasteiger partial charge in [0, 0.05) is 11.6 Å². The number of carbonyl (C=O) groups excluding carboxylic acids is 1. The van der Waals surface area contributed by atoms with Gasteiger partial charge in [-0.2, -0.15) is 0 Å². The van der Waals surface area contributed by atoms with Crippen LogP contribution in [0.25, 0.3) is 0 Å². The second kappa shape index (κ2) is 6.60. The lowest BCUT2D eigenvalue weighted by Crippen LogP contribution is -2.06. The molecule has 2 N–H and O–H groups in total. The zero-order valence-electron chi connectivity index (χ0n) is 11.0. The molecule has 2 rings (SSSR count). The summed E-state index contributed by atoms with van der Waals surface area (Å²) in [6.45, 7) is 0. The molecule has 7 heteroatoms. The minimum absolute atomic E-state index is 0.0534. The Kier molecular flexibility index (Phi) is 4.80. The minimum Gasteiger partial charge on any atom is -0.505 e.